The number of hydrogen-bond acceptors (Lipinski definition) is 0. The normalized spacial score (nSPS) is 3.57. The second-order valence-electron chi connectivity index (χ2n) is 0.493. The summed E-state index contributed by atoms with van der Waals surface area (Å²) in [6.45, 7) is 3.50. The van der Waals surface area contributed by atoms with E-state index in [-0.39, 0.29) is 37.2 Å². The van der Waals surface area contributed by atoms with Crippen LogP contribution in [0.5, 0.6) is 0 Å². The van der Waals surface area contributed by atoms with Crippen molar-refractivity contribution in [3.05, 3.63) is 12.7 Å². The molecule has 0 saturated carbocycles. The molecule has 3 radical (unpaired) electrons. The Morgan fingerprint density at radius 2 is 1.43 bits per heavy atom. The number of allylic oxidation sites excluding steroid dienone is 1. The first-order chi connectivity index (χ1) is 1.91. The van der Waals surface area contributed by atoms with Gasteiger partial charge >= 0.3 is 39.6 Å². The molecule has 0 aliphatic heterocycles. The van der Waals surface area contributed by atoms with Gasteiger partial charge in [0.05, 0.1) is 0 Å². The minimum absolute atomic E-state index is 0. The average Bonchev–Trinajstić information content (AvgIpc) is 1.37. The Bertz CT molecular complexity index is 24.1. The van der Waals surface area contributed by atoms with Gasteiger partial charge in [-0.05, 0) is 0 Å². The van der Waals surface area contributed by atoms with Crippen LogP contribution in [0.1, 0.15) is 0 Å². The van der Waals surface area contributed by atoms with Gasteiger partial charge in [-0.2, -0.15) is 0 Å². The van der Waals surface area contributed by atoms with E-state index < -0.39 is 0 Å². The van der Waals surface area contributed by atoms with Crippen LogP contribution in [-0.2, 0) is 0 Å². The number of hydrogen-bond donors (Lipinski definition) is 0. The monoisotopic (exact) mass is 269 g/mol. The van der Waals surface area contributed by atoms with Crippen molar-refractivity contribution in [1.82, 2.24) is 0 Å². The van der Waals surface area contributed by atoms with Gasteiger partial charge in [0.15, 0.2) is 0 Å². The summed E-state index contributed by atoms with van der Waals surface area (Å²) < 4.78 is 1.17. The van der Waals surface area contributed by atoms with E-state index in [2.05, 4.69) is 6.58 Å². The molecule has 45 valence electrons. The molecule has 4 heteroatoms. The van der Waals surface area contributed by atoms with Crippen molar-refractivity contribution in [2.75, 3.05) is 0 Å². The van der Waals surface area contributed by atoms with E-state index in [1.165, 1.54) is 4.44 Å². The molecule has 0 aliphatic carbocycles. The van der Waals surface area contributed by atoms with Crippen LogP contribution in [0.25, 0.3) is 0 Å². The van der Waals surface area contributed by atoms with Crippen LogP contribution in [0.15, 0.2) is 12.7 Å². The van der Waals surface area contributed by atoms with Gasteiger partial charge in [-0.15, -0.1) is 37.2 Å². The Hall–Kier alpha value is 1.41. The maximum atomic E-state index is 3.50. The molecule has 0 N–H and O–H groups in total. The average molecular weight is 269 g/mol. The first-order valence-electron chi connectivity index (χ1n) is 1.17. The van der Waals surface area contributed by atoms with E-state index in [4.69, 9.17) is 0 Å². The molecule has 0 heterocycles. The molecule has 0 aliphatic rings. The molecule has 0 unspecified atom stereocenters. The van der Waals surface area contributed by atoms with E-state index in [1.807, 2.05) is 6.08 Å². The van der Waals surface area contributed by atoms with E-state index >= 15 is 0 Å². The zero-order valence-corrected chi connectivity index (χ0v) is 9.02. The Morgan fingerprint density at radius 3 is 1.43 bits per heavy atom. The van der Waals surface area contributed by atoms with Crippen LogP contribution in [0.4, 0.5) is 0 Å². The van der Waals surface area contributed by atoms with Gasteiger partial charge in [0, 0.05) is 0 Å². The summed E-state index contributed by atoms with van der Waals surface area (Å²) in [7, 11) is 0. The van der Waals surface area contributed by atoms with Gasteiger partial charge in [-0.25, -0.2) is 0 Å². The Kier molecular flexibility index (Phi) is 88.8. The molecule has 0 amide bonds. The van der Waals surface area contributed by atoms with Gasteiger partial charge in [-0.3, -0.25) is 0 Å². The molecule has 0 atom stereocenters. The predicted octanol–water partition coefficient (Wildman–Crippen LogP) is 2.02. The first kappa shape index (κ1) is 23.7. The maximum absolute atomic E-state index is 3.50. The largest absolute Gasteiger partial charge is 0.147 e. The Morgan fingerprint density at radius 1 is 1.29 bits per heavy atom. The van der Waals surface area contributed by atoms with Gasteiger partial charge in [0.2, 0.25) is 0 Å². The second-order valence-corrected chi connectivity index (χ2v) is 1.66. The third kappa shape index (κ3) is 37.4. The summed E-state index contributed by atoms with van der Waals surface area (Å²) in [4.78, 5) is 0. The predicted molar refractivity (Wildman–Crippen MR) is 42.5 cm³/mol. The third-order valence-electron chi connectivity index (χ3n) is 0.144. The smallest absolute Gasteiger partial charge is 0.147 e. The zero-order valence-electron chi connectivity index (χ0n) is 3.72. The molecule has 0 spiro atoms. The maximum Gasteiger partial charge on any atom is -0.147 e. The summed E-state index contributed by atoms with van der Waals surface area (Å²) in [5, 5.41) is 0. The van der Waals surface area contributed by atoms with Crippen LogP contribution in [0.3, 0.4) is 0 Å². The van der Waals surface area contributed by atoms with Crippen molar-refractivity contribution in [2.45, 2.75) is 4.44 Å². The van der Waals surface area contributed by atoms with Crippen molar-refractivity contribution >= 4 is 59.7 Å². The summed E-state index contributed by atoms with van der Waals surface area (Å²) >= 11 is 1.55. The van der Waals surface area contributed by atoms with Crippen LogP contribution in [0.2, 0.25) is 4.44 Å². The Labute approximate surface area is 76.4 Å². The standard InChI is InChI=1S/C3H5.3ClH.Sn/c1-3-2;;;;/h3H,1-2H2;3*1H;. The molecule has 0 saturated heterocycles. The summed E-state index contributed by atoms with van der Waals surface area (Å²) in [6, 6.07) is 0. The second kappa shape index (κ2) is 26.2. The van der Waals surface area contributed by atoms with E-state index in [0.717, 1.165) is 0 Å². The van der Waals surface area contributed by atoms with Crippen molar-refractivity contribution in [1.29, 1.82) is 0 Å². The van der Waals surface area contributed by atoms with E-state index in [1.54, 1.807) is 22.5 Å². The molecule has 0 nitrogen and oxygen atoms in total. The van der Waals surface area contributed by atoms with Crippen molar-refractivity contribution in [3.63, 3.8) is 0 Å². The van der Waals surface area contributed by atoms with Crippen LogP contribution in [0, 0.1) is 0 Å². The van der Waals surface area contributed by atoms with Gasteiger partial charge in [0.25, 0.3) is 0 Å². The molecular formula is C3H8Cl3Sn. The first-order valence-corrected chi connectivity index (χ1v) is 3.19. The molecular weight excluding hydrogens is 261 g/mol. The molecule has 0 aromatic rings. The zero-order chi connectivity index (χ0) is 3.41. The third-order valence-corrected chi connectivity index (χ3v) is 0.968. The fraction of sp³-hybridized carbons (Fsp3) is 0.333. The van der Waals surface area contributed by atoms with Gasteiger partial charge in [0.1, 0.15) is 0 Å². The SMILES string of the molecule is C=C[CH2][Sn].Cl.Cl.Cl. The molecule has 0 aromatic heterocycles. The van der Waals surface area contributed by atoms with Crippen molar-refractivity contribution in [2.24, 2.45) is 0 Å². The van der Waals surface area contributed by atoms with Crippen LogP contribution >= 0.6 is 37.2 Å². The molecule has 0 rings (SSSR count). The minimum Gasteiger partial charge on any atom is -0.147 e. The van der Waals surface area contributed by atoms with Crippen molar-refractivity contribution < 1.29 is 0 Å². The number of rotatable bonds is 1. The van der Waals surface area contributed by atoms with Crippen molar-refractivity contribution in [3.8, 4) is 0 Å². The summed E-state index contributed by atoms with van der Waals surface area (Å²) in [5.74, 6) is 0. The topological polar surface area (TPSA) is 0 Å². The van der Waals surface area contributed by atoms with E-state index in [0.29, 0.717) is 0 Å². The Balaban J connectivity index is -0.0000000150. The van der Waals surface area contributed by atoms with Crippen LogP contribution in [-0.4, -0.2) is 22.5 Å². The summed E-state index contributed by atoms with van der Waals surface area (Å²) in [6.07, 6.45) is 1.92. The molecule has 7 heavy (non-hydrogen) atoms. The fourth-order valence-corrected chi connectivity index (χ4v) is 0. The number of halogens is 3. The molecule has 0 bridgehead atoms. The van der Waals surface area contributed by atoms with Gasteiger partial charge in [-0.1, -0.05) is 0 Å². The molecule has 0 aromatic carbocycles. The fourth-order valence-electron chi connectivity index (χ4n) is 0. The molecule has 0 fully saturated rings. The van der Waals surface area contributed by atoms with Gasteiger partial charge < -0.3 is 0 Å². The summed E-state index contributed by atoms with van der Waals surface area (Å²) in [5.41, 5.74) is 0. The quantitative estimate of drug-likeness (QED) is 0.504. The van der Waals surface area contributed by atoms with Crippen LogP contribution < -0.4 is 0 Å². The van der Waals surface area contributed by atoms with E-state index in [9.17, 15) is 0 Å². The minimum atomic E-state index is 0.